The van der Waals surface area contributed by atoms with Gasteiger partial charge in [0.05, 0.1) is 0 Å². The topological polar surface area (TPSA) is 9.23 Å². The summed E-state index contributed by atoms with van der Waals surface area (Å²) in [6, 6.07) is 13.0. The van der Waals surface area contributed by atoms with Crippen molar-refractivity contribution in [1.82, 2.24) is 0 Å². The van der Waals surface area contributed by atoms with Gasteiger partial charge in [0.1, 0.15) is 28.8 Å². The molecule has 3 rings (SSSR count). The van der Waals surface area contributed by atoms with Gasteiger partial charge in [-0.25, -0.2) is 13.2 Å². The van der Waals surface area contributed by atoms with Gasteiger partial charge >= 0.3 is 6.11 Å². The van der Waals surface area contributed by atoms with Crippen LogP contribution < -0.4 is 4.74 Å². The van der Waals surface area contributed by atoms with Crippen LogP contribution in [0.25, 0.3) is 11.1 Å². The lowest BCUT2D eigenvalue weighted by atomic mass is 10.1. The number of rotatable bonds is 6. The number of aryl methyl sites for hydroxylation is 1. The lowest BCUT2D eigenvalue weighted by Crippen LogP contribution is -2.25. The maximum absolute atomic E-state index is 14.4. The summed E-state index contributed by atoms with van der Waals surface area (Å²) in [5.41, 5.74) is 0.218. The molecular formula is C22H17F5O. The number of ether oxygens (including phenoxy) is 1. The fraction of sp³-hybridized carbons (Fsp3) is 0.182. The van der Waals surface area contributed by atoms with E-state index in [0.717, 1.165) is 12.1 Å². The smallest absolute Gasteiger partial charge is 0.429 e. The van der Waals surface area contributed by atoms with Crippen molar-refractivity contribution < 1.29 is 26.7 Å². The fourth-order valence-electron chi connectivity index (χ4n) is 2.89. The van der Waals surface area contributed by atoms with Crippen molar-refractivity contribution in [3.05, 3.63) is 89.2 Å². The second kappa shape index (κ2) is 8.00. The fourth-order valence-corrected chi connectivity index (χ4v) is 2.89. The molecule has 0 saturated carbocycles. The van der Waals surface area contributed by atoms with E-state index in [2.05, 4.69) is 4.74 Å². The Hall–Kier alpha value is -2.89. The Bertz CT molecular complexity index is 927. The SMILES string of the molecule is CCCc1cc(F)c(C(F)(F)Oc2ccc(-c3ccc(F)cc3)cc2)c(F)c1. The molecule has 0 aliphatic carbocycles. The Morgan fingerprint density at radius 2 is 1.29 bits per heavy atom. The number of alkyl halides is 2. The summed E-state index contributed by atoms with van der Waals surface area (Å²) in [5, 5.41) is 0. The van der Waals surface area contributed by atoms with Crippen LogP contribution in [0.2, 0.25) is 0 Å². The molecule has 0 amide bonds. The predicted octanol–water partition coefficient (Wildman–Crippen LogP) is 6.85. The summed E-state index contributed by atoms with van der Waals surface area (Å²) < 4.78 is 74.6. The van der Waals surface area contributed by atoms with Gasteiger partial charge in [-0.3, -0.25) is 0 Å². The van der Waals surface area contributed by atoms with Gasteiger partial charge in [-0.1, -0.05) is 37.6 Å². The Morgan fingerprint density at radius 1 is 0.786 bits per heavy atom. The summed E-state index contributed by atoms with van der Waals surface area (Å²) in [5.74, 6) is -3.35. The Labute approximate surface area is 159 Å². The molecular weight excluding hydrogens is 375 g/mol. The third kappa shape index (κ3) is 4.32. The van der Waals surface area contributed by atoms with Crippen LogP contribution in [0.5, 0.6) is 5.75 Å². The molecule has 0 aliphatic rings. The van der Waals surface area contributed by atoms with Crippen LogP contribution in [-0.2, 0) is 12.5 Å². The highest BCUT2D eigenvalue weighted by Gasteiger charge is 2.41. The van der Waals surface area contributed by atoms with Gasteiger partial charge in [0.15, 0.2) is 0 Å². The number of hydrogen-bond donors (Lipinski definition) is 0. The van der Waals surface area contributed by atoms with E-state index in [1.807, 2.05) is 6.92 Å². The van der Waals surface area contributed by atoms with Crippen molar-refractivity contribution in [2.75, 3.05) is 0 Å². The van der Waals surface area contributed by atoms with Crippen LogP contribution in [0.1, 0.15) is 24.5 Å². The summed E-state index contributed by atoms with van der Waals surface area (Å²) in [6.45, 7) is 1.82. The van der Waals surface area contributed by atoms with Gasteiger partial charge in [0.2, 0.25) is 0 Å². The van der Waals surface area contributed by atoms with E-state index >= 15 is 0 Å². The highest BCUT2D eigenvalue weighted by molar-refractivity contribution is 5.64. The molecule has 0 saturated heterocycles. The molecule has 0 fully saturated rings. The second-order valence-electron chi connectivity index (χ2n) is 6.33. The van der Waals surface area contributed by atoms with Gasteiger partial charge in [0, 0.05) is 0 Å². The lowest BCUT2D eigenvalue weighted by Gasteiger charge is -2.20. The Morgan fingerprint density at radius 3 is 1.79 bits per heavy atom. The Balaban J connectivity index is 1.83. The summed E-state index contributed by atoms with van der Waals surface area (Å²) in [6.07, 6.45) is -3.17. The molecule has 0 bridgehead atoms. The van der Waals surface area contributed by atoms with Crippen LogP contribution in [0, 0.1) is 17.5 Å². The molecule has 0 radical (unpaired) electrons. The zero-order valence-corrected chi connectivity index (χ0v) is 15.0. The largest absolute Gasteiger partial charge is 0.432 e. The molecule has 1 nitrogen and oxygen atoms in total. The van der Waals surface area contributed by atoms with Gasteiger partial charge in [-0.05, 0) is 59.5 Å². The lowest BCUT2D eigenvalue weighted by molar-refractivity contribution is -0.189. The van der Waals surface area contributed by atoms with E-state index in [-0.39, 0.29) is 5.75 Å². The molecule has 0 aromatic heterocycles. The minimum absolute atomic E-state index is 0.257. The molecule has 0 unspecified atom stereocenters. The van der Waals surface area contributed by atoms with Crippen LogP contribution >= 0.6 is 0 Å². The van der Waals surface area contributed by atoms with Crippen molar-refractivity contribution in [3.8, 4) is 16.9 Å². The molecule has 6 heteroatoms. The van der Waals surface area contributed by atoms with Crippen molar-refractivity contribution >= 4 is 0 Å². The average Bonchev–Trinajstić information content (AvgIpc) is 2.62. The third-order valence-electron chi connectivity index (χ3n) is 4.21. The number of benzene rings is 3. The maximum atomic E-state index is 14.4. The molecule has 146 valence electrons. The van der Waals surface area contributed by atoms with Crippen molar-refractivity contribution in [1.29, 1.82) is 0 Å². The zero-order chi connectivity index (χ0) is 20.3. The van der Waals surface area contributed by atoms with Crippen LogP contribution in [0.15, 0.2) is 60.7 Å². The van der Waals surface area contributed by atoms with E-state index in [1.54, 1.807) is 12.1 Å². The second-order valence-corrected chi connectivity index (χ2v) is 6.33. The van der Waals surface area contributed by atoms with Gasteiger partial charge < -0.3 is 4.74 Å². The average molecular weight is 392 g/mol. The highest BCUT2D eigenvalue weighted by atomic mass is 19.3. The van der Waals surface area contributed by atoms with E-state index in [9.17, 15) is 22.0 Å². The molecule has 28 heavy (non-hydrogen) atoms. The van der Waals surface area contributed by atoms with Crippen LogP contribution in [0.3, 0.4) is 0 Å². The summed E-state index contributed by atoms with van der Waals surface area (Å²) in [7, 11) is 0. The standard InChI is InChI=1S/C22H17F5O/c1-2-3-14-12-19(24)21(20(25)13-14)22(26,27)28-18-10-6-16(7-11-18)15-4-8-17(23)9-5-15/h4-13H,2-3H2,1H3. The molecule has 3 aromatic carbocycles. The van der Waals surface area contributed by atoms with Crippen molar-refractivity contribution in [2.24, 2.45) is 0 Å². The first-order valence-corrected chi connectivity index (χ1v) is 8.71. The van der Waals surface area contributed by atoms with Crippen molar-refractivity contribution in [2.45, 2.75) is 25.9 Å². The van der Waals surface area contributed by atoms with Crippen LogP contribution in [-0.4, -0.2) is 0 Å². The number of halogens is 5. The highest BCUT2D eigenvalue weighted by Crippen LogP contribution is 2.36. The molecule has 0 N–H and O–H groups in total. The van der Waals surface area contributed by atoms with E-state index in [4.69, 9.17) is 0 Å². The molecule has 0 heterocycles. The van der Waals surface area contributed by atoms with Gasteiger partial charge in [-0.2, -0.15) is 8.78 Å². The predicted molar refractivity (Wildman–Crippen MR) is 96.7 cm³/mol. The quantitative estimate of drug-likeness (QED) is 0.417. The Kier molecular flexibility index (Phi) is 5.68. The minimum atomic E-state index is -4.18. The first kappa shape index (κ1) is 19.9. The monoisotopic (exact) mass is 392 g/mol. The van der Waals surface area contributed by atoms with E-state index in [1.165, 1.54) is 36.4 Å². The first-order valence-electron chi connectivity index (χ1n) is 8.71. The molecule has 3 aromatic rings. The maximum Gasteiger partial charge on any atom is 0.432 e. The molecule has 0 aliphatic heterocycles. The van der Waals surface area contributed by atoms with Crippen LogP contribution in [0.4, 0.5) is 22.0 Å². The normalized spacial score (nSPS) is 11.5. The molecule has 0 atom stereocenters. The van der Waals surface area contributed by atoms with Gasteiger partial charge in [-0.15, -0.1) is 0 Å². The van der Waals surface area contributed by atoms with Gasteiger partial charge in [0.25, 0.3) is 0 Å². The van der Waals surface area contributed by atoms with Crippen molar-refractivity contribution in [3.63, 3.8) is 0 Å². The molecule has 0 spiro atoms. The zero-order valence-electron chi connectivity index (χ0n) is 15.0. The first-order chi connectivity index (χ1) is 13.3. The summed E-state index contributed by atoms with van der Waals surface area (Å²) in [4.78, 5) is 0. The van der Waals surface area contributed by atoms with E-state index < -0.39 is 29.1 Å². The third-order valence-corrected chi connectivity index (χ3v) is 4.21. The number of hydrogen-bond acceptors (Lipinski definition) is 1. The minimum Gasteiger partial charge on any atom is -0.429 e. The summed E-state index contributed by atoms with van der Waals surface area (Å²) >= 11 is 0. The van der Waals surface area contributed by atoms with E-state index in [0.29, 0.717) is 29.5 Å².